The number of para-hydroxylation sites is 1. The highest BCUT2D eigenvalue weighted by Crippen LogP contribution is 2.67. The molecule has 1 aliphatic carbocycles. The van der Waals surface area contributed by atoms with Gasteiger partial charge in [0, 0.05) is 49.3 Å². The Morgan fingerprint density at radius 1 is 0.344 bits per heavy atom. The summed E-state index contributed by atoms with van der Waals surface area (Å²) in [5.41, 5.74) is 25.4. The summed E-state index contributed by atoms with van der Waals surface area (Å²) in [7, 11) is 0. The molecule has 4 nitrogen and oxygen atoms in total. The Balaban J connectivity index is 0.975. The van der Waals surface area contributed by atoms with E-state index in [-0.39, 0.29) is 0 Å². The Labute approximate surface area is 526 Å². The van der Waals surface area contributed by atoms with E-state index in [0.29, 0.717) is 0 Å². The van der Waals surface area contributed by atoms with Gasteiger partial charge in [-0.2, -0.15) is 0 Å². The molecule has 428 valence electrons. The molecule has 0 atom stereocenters. The predicted molar refractivity (Wildman–Crippen MR) is 377 cm³/mol. The van der Waals surface area contributed by atoms with Crippen LogP contribution in [-0.4, -0.2) is 4.57 Å². The monoisotopic (exact) mass is 1170 g/mol. The molecule has 90 heavy (non-hydrogen) atoms. The molecule has 0 fully saturated rings. The van der Waals surface area contributed by atoms with Crippen molar-refractivity contribution in [2.24, 2.45) is 0 Å². The molecule has 4 aromatic heterocycles. The summed E-state index contributed by atoms with van der Waals surface area (Å²) in [4.78, 5) is 3.85. The quantitative estimate of drug-likeness (QED) is 0.149. The number of benzene rings is 12. The van der Waals surface area contributed by atoms with Crippen molar-refractivity contribution < 1.29 is 8.83 Å². The fourth-order valence-corrected chi connectivity index (χ4v) is 16.4. The zero-order valence-corrected chi connectivity index (χ0v) is 51.7. The molecular weight excluding hydrogens is 1110 g/mol. The second kappa shape index (κ2) is 19.6. The lowest BCUT2D eigenvalue weighted by molar-refractivity contribution is 0.540. The lowest BCUT2D eigenvalue weighted by Crippen LogP contribution is -2.36. The molecule has 18 rings (SSSR count). The lowest BCUT2D eigenvalue weighted by atomic mass is 9.64. The van der Waals surface area contributed by atoms with Crippen LogP contribution < -0.4 is 4.90 Å². The summed E-state index contributed by atoms with van der Waals surface area (Å²) in [6.07, 6.45) is 0. The van der Waals surface area contributed by atoms with Crippen molar-refractivity contribution in [1.29, 1.82) is 0 Å². The molecule has 2 aliphatic rings. The second-order valence-electron chi connectivity index (χ2n) is 25.2. The van der Waals surface area contributed by atoms with Crippen LogP contribution in [0.15, 0.2) is 263 Å². The SMILES string of the molecule is Cc1cc(C)cc(-c2cc3c(o2)-c2oc(-c4cc(C)cc(C)c4)cc2C32c3cc(C)c(C)cc3N(c3cccc(-c4cc5c6ccccc6c(-c6ccccc6)cc5c5ccccc45)c3)c3c2ccc2c3c3cc(-c4cccs4)ccc3n2-c2ccccc2)c1. The van der Waals surface area contributed by atoms with Crippen LogP contribution in [0.2, 0.25) is 0 Å². The number of rotatable bonds is 7. The van der Waals surface area contributed by atoms with Crippen LogP contribution in [0, 0.1) is 41.5 Å². The molecule has 0 radical (unpaired) electrons. The van der Waals surface area contributed by atoms with Crippen LogP contribution >= 0.6 is 11.3 Å². The fraction of sp³-hybridized carbons (Fsp3) is 0.0824. The second-order valence-corrected chi connectivity index (χ2v) is 26.1. The van der Waals surface area contributed by atoms with Gasteiger partial charge in [-0.1, -0.05) is 168 Å². The van der Waals surface area contributed by atoms with Crippen molar-refractivity contribution in [1.82, 2.24) is 4.57 Å². The summed E-state index contributed by atoms with van der Waals surface area (Å²) >= 11 is 1.78. The van der Waals surface area contributed by atoms with Gasteiger partial charge in [0.05, 0.1) is 27.8 Å². The van der Waals surface area contributed by atoms with Crippen molar-refractivity contribution >= 4 is 82.5 Å². The third-order valence-corrected chi connectivity index (χ3v) is 20.4. The Kier molecular flexibility index (Phi) is 11.4. The first-order chi connectivity index (χ1) is 44.0. The van der Waals surface area contributed by atoms with Crippen LogP contribution in [0.4, 0.5) is 17.1 Å². The van der Waals surface area contributed by atoms with Gasteiger partial charge >= 0.3 is 0 Å². The van der Waals surface area contributed by atoms with E-state index in [1.165, 1.54) is 109 Å². The maximum absolute atomic E-state index is 7.42. The van der Waals surface area contributed by atoms with Crippen molar-refractivity contribution in [2.45, 2.75) is 47.0 Å². The molecule has 0 bridgehead atoms. The highest BCUT2D eigenvalue weighted by molar-refractivity contribution is 7.13. The maximum atomic E-state index is 7.42. The predicted octanol–water partition coefficient (Wildman–Crippen LogP) is 23.8. The molecule has 0 amide bonds. The van der Waals surface area contributed by atoms with Gasteiger partial charge in [-0.15, -0.1) is 11.3 Å². The third kappa shape index (κ3) is 7.66. The largest absolute Gasteiger partial charge is 0.452 e. The van der Waals surface area contributed by atoms with Gasteiger partial charge in [0.1, 0.15) is 11.5 Å². The first-order valence-electron chi connectivity index (χ1n) is 31.2. The maximum Gasteiger partial charge on any atom is 0.175 e. The molecule has 1 aliphatic heterocycles. The van der Waals surface area contributed by atoms with Crippen LogP contribution in [-0.2, 0) is 5.41 Å². The topological polar surface area (TPSA) is 34.5 Å². The minimum Gasteiger partial charge on any atom is -0.452 e. The van der Waals surface area contributed by atoms with Crippen LogP contribution in [0.3, 0.4) is 0 Å². The summed E-state index contributed by atoms with van der Waals surface area (Å²) in [6, 6.07) is 93.4. The van der Waals surface area contributed by atoms with Gasteiger partial charge in [0.2, 0.25) is 0 Å². The molecule has 0 N–H and O–H groups in total. The van der Waals surface area contributed by atoms with Crippen LogP contribution in [0.25, 0.3) is 127 Å². The number of hydrogen-bond acceptors (Lipinski definition) is 4. The zero-order valence-electron chi connectivity index (χ0n) is 50.9. The van der Waals surface area contributed by atoms with Crippen molar-refractivity contribution in [3.05, 3.63) is 310 Å². The molecule has 5 heteroatoms. The number of aromatic nitrogens is 1. The number of fused-ring (bicyclic) bond motifs is 18. The van der Waals surface area contributed by atoms with Gasteiger partial charge in [-0.05, 0) is 232 Å². The fourth-order valence-electron chi connectivity index (χ4n) is 15.7. The van der Waals surface area contributed by atoms with E-state index < -0.39 is 5.41 Å². The molecule has 12 aromatic carbocycles. The van der Waals surface area contributed by atoms with Crippen molar-refractivity contribution in [2.75, 3.05) is 4.90 Å². The van der Waals surface area contributed by atoms with E-state index in [1.807, 2.05) is 0 Å². The number of thiophene rings is 1. The number of hydrogen-bond donors (Lipinski definition) is 0. The minimum atomic E-state index is -0.919. The summed E-state index contributed by atoms with van der Waals surface area (Å²) < 4.78 is 17.3. The zero-order chi connectivity index (χ0) is 60.3. The number of furan rings is 2. The van der Waals surface area contributed by atoms with E-state index in [4.69, 9.17) is 8.83 Å². The Bertz CT molecular complexity index is 5540. The first kappa shape index (κ1) is 52.4. The number of anilines is 3. The average molecular weight is 1170 g/mol. The summed E-state index contributed by atoms with van der Waals surface area (Å²) in [5, 5.41) is 11.9. The van der Waals surface area contributed by atoms with Gasteiger partial charge in [0.15, 0.2) is 11.5 Å². The Hall–Kier alpha value is -10.7. The van der Waals surface area contributed by atoms with Gasteiger partial charge in [0.25, 0.3) is 0 Å². The van der Waals surface area contributed by atoms with Gasteiger partial charge < -0.3 is 18.3 Å². The molecular formula is C85H60N2O2S. The van der Waals surface area contributed by atoms with E-state index in [2.05, 4.69) is 305 Å². The number of aryl methyl sites for hydroxylation is 6. The molecule has 5 heterocycles. The summed E-state index contributed by atoms with van der Waals surface area (Å²) in [6.45, 7) is 13.2. The smallest absolute Gasteiger partial charge is 0.175 e. The standard InChI is InChI=1S/C85H60N2O2S/c1-49-35-50(2)38-58(37-49)78-47-73-83(88-78)84-74(48-79(89-84)59-39-51(3)36-52(4)40-59)85(73)71-31-33-76-81(70-44-57(80-29-18-34-90-80)30-32-75(70)86(76)60-22-11-8-12-23-60)82(71)87(77-42-54(6)53(5)41-72(77)85)61-24-17-21-56(43-61)67-46-69-64-27-15-13-25-62(64)66(55-19-9-7-10-20-55)45-68(69)65-28-16-14-26-63(65)67/h7-48H,1-6H3. The molecule has 1 spiro atoms. The molecule has 0 unspecified atom stereocenters. The minimum absolute atomic E-state index is 0.763. The molecule has 16 aromatic rings. The Morgan fingerprint density at radius 3 is 1.50 bits per heavy atom. The van der Waals surface area contributed by atoms with Crippen LogP contribution in [0.5, 0.6) is 0 Å². The van der Waals surface area contributed by atoms with Gasteiger partial charge in [-0.25, -0.2) is 0 Å². The van der Waals surface area contributed by atoms with Gasteiger partial charge in [-0.3, -0.25) is 0 Å². The highest BCUT2D eigenvalue weighted by atomic mass is 32.1. The normalized spacial score (nSPS) is 13.1. The number of nitrogens with zero attached hydrogens (tertiary/aromatic N) is 2. The molecule has 0 saturated heterocycles. The summed E-state index contributed by atoms with van der Waals surface area (Å²) in [5.74, 6) is 3.16. The third-order valence-electron chi connectivity index (χ3n) is 19.5. The average Bonchev–Trinajstić information content (AvgIpc) is 1.45. The van der Waals surface area contributed by atoms with E-state index >= 15 is 0 Å². The van der Waals surface area contributed by atoms with Crippen LogP contribution in [0.1, 0.15) is 55.6 Å². The highest BCUT2D eigenvalue weighted by Gasteiger charge is 2.56. The lowest BCUT2D eigenvalue weighted by Gasteiger charge is -2.45. The Morgan fingerprint density at radius 2 is 0.889 bits per heavy atom. The van der Waals surface area contributed by atoms with Crippen molar-refractivity contribution in [3.8, 4) is 72.5 Å². The van der Waals surface area contributed by atoms with E-state index in [0.717, 1.165) is 90.2 Å². The van der Waals surface area contributed by atoms with E-state index in [9.17, 15) is 0 Å². The first-order valence-corrected chi connectivity index (χ1v) is 32.1. The van der Waals surface area contributed by atoms with Crippen molar-refractivity contribution in [3.63, 3.8) is 0 Å². The van der Waals surface area contributed by atoms with E-state index in [1.54, 1.807) is 11.3 Å². The molecule has 0 saturated carbocycles.